The van der Waals surface area contributed by atoms with Gasteiger partial charge in [0.25, 0.3) is 0 Å². The Morgan fingerprint density at radius 1 is 1.46 bits per heavy atom. The molecule has 0 amide bonds. The number of rotatable bonds is 4. The van der Waals surface area contributed by atoms with Crippen molar-refractivity contribution in [1.82, 2.24) is 9.97 Å². The Morgan fingerprint density at radius 2 is 2.23 bits per heavy atom. The SMILES string of the molecule is CCc1c(C)ncnc1NCCN. The molecule has 0 saturated carbocycles. The molecule has 13 heavy (non-hydrogen) atoms. The first kappa shape index (κ1) is 9.92. The molecule has 1 aromatic heterocycles. The highest BCUT2D eigenvalue weighted by Crippen LogP contribution is 2.14. The third kappa shape index (κ3) is 2.39. The van der Waals surface area contributed by atoms with E-state index in [1.165, 1.54) is 5.56 Å². The third-order valence-corrected chi connectivity index (χ3v) is 1.95. The lowest BCUT2D eigenvalue weighted by Crippen LogP contribution is -2.15. The molecule has 0 aliphatic carbocycles. The summed E-state index contributed by atoms with van der Waals surface area (Å²) in [6.07, 6.45) is 2.52. The smallest absolute Gasteiger partial charge is 0.132 e. The number of aromatic nitrogens is 2. The summed E-state index contributed by atoms with van der Waals surface area (Å²) in [5.41, 5.74) is 7.62. The van der Waals surface area contributed by atoms with Crippen LogP contribution in [0.15, 0.2) is 6.33 Å². The van der Waals surface area contributed by atoms with Gasteiger partial charge in [-0.1, -0.05) is 6.92 Å². The quantitative estimate of drug-likeness (QED) is 0.716. The van der Waals surface area contributed by atoms with E-state index in [1.54, 1.807) is 6.33 Å². The summed E-state index contributed by atoms with van der Waals surface area (Å²) in [6, 6.07) is 0. The van der Waals surface area contributed by atoms with Crippen molar-refractivity contribution in [3.05, 3.63) is 17.6 Å². The van der Waals surface area contributed by atoms with Gasteiger partial charge >= 0.3 is 0 Å². The topological polar surface area (TPSA) is 63.8 Å². The lowest BCUT2D eigenvalue weighted by Gasteiger charge is -2.09. The second-order valence-corrected chi connectivity index (χ2v) is 2.86. The lowest BCUT2D eigenvalue weighted by molar-refractivity contribution is 0.957. The Balaban J connectivity index is 2.85. The average molecular weight is 180 g/mol. The second kappa shape index (κ2) is 4.77. The van der Waals surface area contributed by atoms with Gasteiger partial charge in [-0.25, -0.2) is 9.97 Å². The van der Waals surface area contributed by atoms with Gasteiger partial charge in [0.1, 0.15) is 12.1 Å². The van der Waals surface area contributed by atoms with E-state index in [0.29, 0.717) is 6.54 Å². The Bertz CT molecular complexity index is 272. The minimum absolute atomic E-state index is 0.617. The van der Waals surface area contributed by atoms with Crippen LogP contribution >= 0.6 is 0 Å². The fraction of sp³-hybridized carbons (Fsp3) is 0.556. The highest BCUT2D eigenvalue weighted by atomic mass is 15.0. The number of nitrogens with two attached hydrogens (primary N) is 1. The zero-order chi connectivity index (χ0) is 9.68. The highest BCUT2D eigenvalue weighted by Gasteiger charge is 2.04. The minimum Gasteiger partial charge on any atom is -0.368 e. The first-order chi connectivity index (χ1) is 6.29. The van der Waals surface area contributed by atoms with Crippen LogP contribution in [0.1, 0.15) is 18.2 Å². The molecule has 0 spiro atoms. The van der Waals surface area contributed by atoms with E-state index in [1.807, 2.05) is 6.92 Å². The maximum Gasteiger partial charge on any atom is 0.132 e. The normalized spacial score (nSPS) is 10.1. The van der Waals surface area contributed by atoms with E-state index in [9.17, 15) is 0 Å². The second-order valence-electron chi connectivity index (χ2n) is 2.86. The molecule has 72 valence electrons. The van der Waals surface area contributed by atoms with Crippen LogP contribution in [0.5, 0.6) is 0 Å². The summed E-state index contributed by atoms with van der Waals surface area (Å²) in [7, 11) is 0. The summed E-state index contributed by atoms with van der Waals surface area (Å²) in [5.74, 6) is 0.917. The van der Waals surface area contributed by atoms with Gasteiger partial charge in [0.15, 0.2) is 0 Å². The molecular weight excluding hydrogens is 164 g/mol. The summed E-state index contributed by atoms with van der Waals surface area (Å²) >= 11 is 0. The van der Waals surface area contributed by atoms with Gasteiger partial charge in [-0.3, -0.25) is 0 Å². The number of nitrogens with zero attached hydrogens (tertiary/aromatic N) is 2. The molecule has 0 atom stereocenters. The fourth-order valence-electron chi connectivity index (χ4n) is 1.27. The summed E-state index contributed by atoms with van der Waals surface area (Å²) < 4.78 is 0. The van der Waals surface area contributed by atoms with E-state index >= 15 is 0 Å². The number of aryl methyl sites for hydroxylation is 1. The number of nitrogens with one attached hydrogen (secondary N) is 1. The monoisotopic (exact) mass is 180 g/mol. The van der Waals surface area contributed by atoms with E-state index in [2.05, 4.69) is 22.2 Å². The predicted octanol–water partition coefficient (Wildman–Crippen LogP) is 0.718. The zero-order valence-corrected chi connectivity index (χ0v) is 8.17. The molecule has 1 heterocycles. The van der Waals surface area contributed by atoms with Gasteiger partial charge in [-0.15, -0.1) is 0 Å². The van der Waals surface area contributed by atoms with Crippen molar-refractivity contribution < 1.29 is 0 Å². The van der Waals surface area contributed by atoms with E-state index < -0.39 is 0 Å². The van der Waals surface area contributed by atoms with Crippen molar-refractivity contribution in [1.29, 1.82) is 0 Å². The average Bonchev–Trinajstić information content (AvgIpc) is 2.15. The van der Waals surface area contributed by atoms with Crippen LogP contribution in [-0.2, 0) is 6.42 Å². The number of anilines is 1. The lowest BCUT2D eigenvalue weighted by atomic mass is 10.2. The van der Waals surface area contributed by atoms with E-state index in [4.69, 9.17) is 5.73 Å². The van der Waals surface area contributed by atoms with Crippen LogP contribution < -0.4 is 11.1 Å². The maximum atomic E-state index is 5.40. The first-order valence-electron chi connectivity index (χ1n) is 4.54. The molecule has 1 rings (SSSR count). The Morgan fingerprint density at radius 3 is 2.85 bits per heavy atom. The molecule has 0 fully saturated rings. The van der Waals surface area contributed by atoms with Crippen LogP contribution in [0.4, 0.5) is 5.82 Å². The van der Waals surface area contributed by atoms with Crippen LogP contribution in [0.2, 0.25) is 0 Å². The largest absolute Gasteiger partial charge is 0.368 e. The minimum atomic E-state index is 0.617. The predicted molar refractivity (Wildman–Crippen MR) is 53.7 cm³/mol. The molecule has 0 saturated heterocycles. The molecule has 0 aliphatic heterocycles. The Kier molecular flexibility index (Phi) is 3.64. The highest BCUT2D eigenvalue weighted by molar-refractivity contribution is 5.45. The van der Waals surface area contributed by atoms with Gasteiger partial charge in [0, 0.05) is 24.3 Å². The molecule has 4 heteroatoms. The van der Waals surface area contributed by atoms with Crippen molar-refractivity contribution in [2.75, 3.05) is 18.4 Å². The van der Waals surface area contributed by atoms with Crippen molar-refractivity contribution in [3.63, 3.8) is 0 Å². The van der Waals surface area contributed by atoms with E-state index in [0.717, 1.165) is 24.5 Å². The molecule has 4 nitrogen and oxygen atoms in total. The van der Waals surface area contributed by atoms with Crippen LogP contribution in [0.3, 0.4) is 0 Å². The molecular formula is C9H16N4. The standard InChI is InChI=1S/C9H16N4/c1-3-8-7(2)12-6-13-9(8)11-5-4-10/h6H,3-5,10H2,1-2H3,(H,11,12,13). The summed E-state index contributed by atoms with van der Waals surface area (Å²) in [5, 5.41) is 3.18. The Labute approximate surface area is 78.6 Å². The van der Waals surface area contributed by atoms with Gasteiger partial charge in [-0.2, -0.15) is 0 Å². The summed E-state index contributed by atoms with van der Waals surface area (Å²) in [4.78, 5) is 8.31. The van der Waals surface area contributed by atoms with Crippen LogP contribution in [-0.4, -0.2) is 23.1 Å². The van der Waals surface area contributed by atoms with Gasteiger partial charge < -0.3 is 11.1 Å². The molecule has 3 N–H and O–H groups in total. The van der Waals surface area contributed by atoms with Crippen molar-refractivity contribution in [3.8, 4) is 0 Å². The van der Waals surface area contributed by atoms with Gasteiger partial charge in [0.2, 0.25) is 0 Å². The van der Waals surface area contributed by atoms with E-state index in [-0.39, 0.29) is 0 Å². The zero-order valence-electron chi connectivity index (χ0n) is 8.17. The first-order valence-corrected chi connectivity index (χ1v) is 4.54. The summed E-state index contributed by atoms with van der Waals surface area (Å²) in [6.45, 7) is 5.46. The van der Waals surface area contributed by atoms with Crippen LogP contribution in [0.25, 0.3) is 0 Å². The molecule has 0 bridgehead atoms. The van der Waals surface area contributed by atoms with Crippen molar-refractivity contribution in [2.24, 2.45) is 5.73 Å². The molecule has 1 aromatic rings. The molecule has 0 unspecified atom stereocenters. The third-order valence-electron chi connectivity index (χ3n) is 1.95. The maximum absolute atomic E-state index is 5.40. The Hall–Kier alpha value is -1.16. The van der Waals surface area contributed by atoms with Crippen molar-refractivity contribution in [2.45, 2.75) is 20.3 Å². The molecule has 0 aromatic carbocycles. The molecule has 0 aliphatic rings. The number of hydrogen-bond donors (Lipinski definition) is 2. The van der Waals surface area contributed by atoms with Crippen LogP contribution in [0, 0.1) is 6.92 Å². The number of hydrogen-bond acceptors (Lipinski definition) is 4. The fourth-order valence-corrected chi connectivity index (χ4v) is 1.27. The molecule has 0 radical (unpaired) electrons. The van der Waals surface area contributed by atoms with Crippen molar-refractivity contribution >= 4 is 5.82 Å². The van der Waals surface area contributed by atoms with Gasteiger partial charge in [-0.05, 0) is 13.3 Å². The van der Waals surface area contributed by atoms with Gasteiger partial charge in [0.05, 0.1) is 0 Å².